The number of benzene rings is 1. The van der Waals surface area contributed by atoms with Gasteiger partial charge in [0.25, 0.3) is 0 Å². The summed E-state index contributed by atoms with van der Waals surface area (Å²) in [6, 6.07) is 3.19. The molecule has 0 saturated carbocycles. The molecule has 4 nitrogen and oxygen atoms in total. The number of aryl methyl sites for hydroxylation is 1. The number of hydrogen-bond donors (Lipinski definition) is 1. The van der Waals surface area contributed by atoms with Crippen LogP contribution in [0.4, 0.5) is 4.39 Å². The minimum atomic E-state index is -0.893. The van der Waals surface area contributed by atoms with E-state index >= 15 is 0 Å². The van der Waals surface area contributed by atoms with Crippen LogP contribution < -0.4 is 0 Å². The first-order valence-electron chi connectivity index (χ1n) is 6.80. The Kier molecular flexibility index (Phi) is 4.27. The molecular weight excluding hydrogens is 291 g/mol. The average Bonchev–Trinajstić information content (AvgIpc) is 2.75. The number of thioether (sulfide) groups is 1. The number of carbonyl (C=O) groups is 1. The molecule has 0 aliphatic rings. The summed E-state index contributed by atoms with van der Waals surface area (Å²) in [4.78, 5) is 15.2. The van der Waals surface area contributed by atoms with Crippen LogP contribution >= 0.6 is 11.8 Å². The fraction of sp³-hybridized carbons (Fsp3) is 0.467. The van der Waals surface area contributed by atoms with Crippen LogP contribution in [0.15, 0.2) is 17.3 Å². The van der Waals surface area contributed by atoms with Crippen molar-refractivity contribution in [3.8, 4) is 0 Å². The SMILES string of the molecule is CCC(C)(C)n1c(SCC(=O)O)nc2cc(F)c(C)cc21. The molecule has 0 spiro atoms. The molecular formula is C15H19FN2O2S. The van der Waals surface area contributed by atoms with E-state index in [2.05, 4.69) is 25.8 Å². The number of rotatable bonds is 5. The van der Waals surface area contributed by atoms with Crippen molar-refractivity contribution in [2.24, 2.45) is 0 Å². The quantitative estimate of drug-likeness (QED) is 0.853. The highest BCUT2D eigenvalue weighted by Gasteiger charge is 2.25. The van der Waals surface area contributed by atoms with E-state index in [1.807, 2.05) is 4.57 Å². The first-order valence-corrected chi connectivity index (χ1v) is 7.78. The second kappa shape index (κ2) is 5.67. The van der Waals surface area contributed by atoms with Crippen LogP contribution in [0.1, 0.15) is 32.8 Å². The van der Waals surface area contributed by atoms with Crippen LogP contribution in [0.2, 0.25) is 0 Å². The zero-order chi connectivity index (χ0) is 15.8. The summed E-state index contributed by atoms with van der Waals surface area (Å²) >= 11 is 1.16. The summed E-state index contributed by atoms with van der Waals surface area (Å²) in [6.45, 7) is 7.91. The second-order valence-electron chi connectivity index (χ2n) is 5.67. The van der Waals surface area contributed by atoms with E-state index in [1.165, 1.54) is 6.07 Å². The first-order chi connectivity index (χ1) is 9.76. The van der Waals surface area contributed by atoms with Crippen molar-refractivity contribution in [1.82, 2.24) is 9.55 Å². The fourth-order valence-corrected chi connectivity index (χ4v) is 3.04. The molecule has 0 aliphatic carbocycles. The van der Waals surface area contributed by atoms with Crippen molar-refractivity contribution in [3.63, 3.8) is 0 Å². The van der Waals surface area contributed by atoms with Gasteiger partial charge in [0, 0.05) is 11.6 Å². The highest BCUT2D eigenvalue weighted by atomic mass is 32.2. The minimum absolute atomic E-state index is 0.0649. The molecule has 0 unspecified atom stereocenters. The molecule has 114 valence electrons. The highest BCUT2D eigenvalue weighted by molar-refractivity contribution is 7.99. The lowest BCUT2D eigenvalue weighted by Crippen LogP contribution is -2.26. The molecule has 0 amide bonds. The van der Waals surface area contributed by atoms with Gasteiger partial charge in [0.15, 0.2) is 5.16 Å². The van der Waals surface area contributed by atoms with Crippen LogP contribution in [-0.2, 0) is 10.3 Å². The molecule has 6 heteroatoms. The van der Waals surface area contributed by atoms with Gasteiger partial charge in [-0.05, 0) is 38.8 Å². The van der Waals surface area contributed by atoms with E-state index in [4.69, 9.17) is 5.11 Å². The third kappa shape index (κ3) is 3.05. The molecule has 0 radical (unpaired) electrons. The maximum absolute atomic E-state index is 13.7. The molecule has 1 heterocycles. The largest absolute Gasteiger partial charge is 0.481 e. The summed E-state index contributed by atoms with van der Waals surface area (Å²) in [5, 5.41) is 9.49. The van der Waals surface area contributed by atoms with Crippen molar-refractivity contribution < 1.29 is 14.3 Å². The van der Waals surface area contributed by atoms with E-state index in [0.29, 0.717) is 16.2 Å². The Hall–Kier alpha value is -1.56. The summed E-state index contributed by atoms with van der Waals surface area (Å²) in [7, 11) is 0. The van der Waals surface area contributed by atoms with Crippen LogP contribution in [0.25, 0.3) is 11.0 Å². The number of imidazole rings is 1. The van der Waals surface area contributed by atoms with Gasteiger partial charge in [0.05, 0.1) is 16.8 Å². The molecule has 0 atom stereocenters. The Morgan fingerprint density at radius 2 is 2.14 bits per heavy atom. The van der Waals surface area contributed by atoms with Crippen molar-refractivity contribution in [2.75, 3.05) is 5.75 Å². The molecule has 1 N–H and O–H groups in total. The van der Waals surface area contributed by atoms with Gasteiger partial charge in [-0.1, -0.05) is 18.7 Å². The summed E-state index contributed by atoms with van der Waals surface area (Å²) < 4.78 is 15.7. The number of fused-ring (bicyclic) bond motifs is 1. The van der Waals surface area contributed by atoms with Crippen molar-refractivity contribution in [2.45, 2.75) is 44.8 Å². The lowest BCUT2D eigenvalue weighted by Gasteiger charge is -2.27. The molecule has 1 aromatic carbocycles. The third-order valence-corrected chi connectivity index (χ3v) is 4.62. The molecule has 21 heavy (non-hydrogen) atoms. The van der Waals surface area contributed by atoms with Crippen LogP contribution in [0.3, 0.4) is 0 Å². The minimum Gasteiger partial charge on any atom is -0.481 e. The maximum atomic E-state index is 13.7. The number of carboxylic acids is 1. The second-order valence-corrected chi connectivity index (χ2v) is 6.61. The summed E-state index contributed by atoms with van der Waals surface area (Å²) in [5.74, 6) is -1.25. The normalized spacial score (nSPS) is 12.0. The highest BCUT2D eigenvalue weighted by Crippen LogP contribution is 2.33. The predicted octanol–water partition coefficient (Wildman–Crippen LogP) is 3.81. The van der Waals surface area contributed by atoms with E-state index in [-0.39, 0.29) is 17.1 Å². The molecule has 0 fully saturated rings. The molecule has 0 saturated heterocycles. The lowest BCUT2D eigenvalue weighted by atomic mass is 10.0. The summed E-state index contributed by atoms with van der Waals surface area (Å²) in [5.41, 5.74) is 1.74. The predicted molar refractivity (Wildman–Crippen MR) is 82.4 cm³/mol. The van der Waals surface area contributed by atoms with E-state index < -0.39 is 5.97 Å². The van der Waals surface area contributed by atoms with Gasteiger partial charge in [-0.2, -0.15) is 0 Å². The molecule has 2 rings (SSSR count). The van der Waals surface area contributed by atoms with Gasteiger partial charge < -0.3 is 9.67 Å². The van der Waals surface area contributed by atoms with Crippen LogP contribution in [0, 0.1) is 12.7 Å². The van der Waals surface area contributed by atoms with Gasteiger partial charge in [-0.15, -0.1) is 0 Å². The molecule has 2 aromatic rings. The smallest absolute Gasteiger partial charge is 0.313 e. The Morgan fingerprint density at radius 1 is 1.48 bits per heavy atom. The van der Waals surface area contributed by atoms with Gasteiger partial charge in [-0.25, -0.2) is 9.37 Å². The van der Waals surface area contributed by atoms with Crippen molar-refractivity contribution in [3.05, 3.63) is 23.5 Å². The Bertz CT molecular complexity index is 695. The van der Waals surface area contributed by atoms with Gasteiger partial charge >= 0.3 is 5.97 Å². The number of aromatic nitrogens is 2. The Balaban J connectivity index is 2.66. The Morgan fingerprint density at radius 3 is 2.71 bits per heavy atom. The fourth-order valence-electron chi connectivity index (χ4n) is 2.15. The number of aliphatic carboxylic acids is 1. The van der Waals surface area contributed by atoms with Gasteiger partial charge in [-0.3, -0.25) is 4.79 Å². The molecule has 0 aliphatic heterocycles. The lowest BCUT2D eigenvalue weighted by molar-refractivity contribution is -0.133. The number of carboxylic acid groups (broad SMARTS) is 1. The molecule has 0 bridgehead atoms. The van der Waals surface area contributed by atoms with Gasteiger partial charge in [0.2, 0.25) is 0 Å². The van der Waals surface area contributed by atoms with E-state index in [1.54, 1.807) is 13.0 Å². The first kappa shape index (κ1) is 15.8. The zero-order valence-electron chi connectivity index (χ0n) is 12.6. The van der Waals surface area contributed by atoms with Crippen molar-refractivity contribution >= 4 is 28.8 Å². The third-order valence-electron chi connectivity index (χ3n) is 3.70. The number of halogens is 1. The zero-order valence-corrected chi connectivity index (χ0v) is 13.4. The van der Waals surface area contributed by atoms with Gasteiger partial charge in [0.1, 0.15) is 5.82 Å². The van der Waals surface area contributed by atoms with E-state index in [0.717, 1.165) is 23.7 Å². The number of hydrogen-bond acceptors (Lipinski definition) is 3. The topological polar surface area (TPSA) is 55.1 Å². The Labute approximate surface area is 127 Å². The average molecular weight is 310 g/mol. The van der Waals surface area contributed by atoms with E-state index in [9.17, 15) is 9.18 Å². The molecule has 1 aromatic heterocycles. The van der Waals surface area contributed by atoms with Crippen molar-refractivity contribution in [1.29, 1.82) is 0 Å². The summed E-state index contributed by atoms with van der Waals surface area (Å²) in [6.07, 6.45) is 0.857. The van der Waals surface area contributed by atoms with Crippen LogP contribution in [0.5, 0.6) is 0 Å². The van der Waals surface area contributed by atoms with Crippen LogP contribution in [-0.4, -0.2) is 26.4 Å². The monoisotopic (exact) mass is 310 g/mol. The number of nitrogens with zero attached hydrogens (tertiary/aromatic N) is 2. The standard InChI is InChI=1S/C15H19FN2O2S/c1-5-15(3,4)18-12-6-9(2)10(16)7-11(12)17-14(18)21-8-13(19)20/h6-7H,5,8H2,1-4H3,(H,19,20). The maximum Gasteiger partial charge on any atom is 0.313 e.